The topological polar surface area (TPSA) is 66.2 Å². The molecule has 0 amide bonds. The monoisotopic (exact) mass is 182 g/mol. The van der Waals surface area contributed by atoms with E-state index in [1.54, 1.807) is 18.2 Å². The lowest BCUT2D eigenvalue weighted by atomic mass is 10.3. The second-order valence-electron chi connectivity index (χ2n) is 2.23. The quantitative estimate of drug-likeness (QED) is 0.532. The van der Waals surface area contributed by atoms with Gasteiger partial charge >= 0.3 is 0 Å². The van der Waals surface area contributed by atoms with E-state index in [1.165, 1.54) is 11.8 Å². The largest absolute Gasteiger partial charge is 0.549 e. The SMILES string of the molecule is Nc1cccc(SCC(=O)[O-])c1. The van der Waals surface area contributed by atoms with Crippen molar-refractivity contribution in [3.8, 4) is 0 Å². The third-order valence-electron chi connectivity index (χ3n) is 1.21. The summed E-state index contributed by atoms with van der Waals surface area (Å²) in [6.45, 7) is 0. The summed E-state index contributed by atoms with van der Waals surface area (Å²) in [6.07, 6.45) is 0. The number of thioether (sulfide) groups is 1. The van der Waals surface area contributed by atoms with Gasteiger partial charge in [-0.05, 0) is 18.2 Å². The summed E-state index contributed by atoms with van der Waals surface area (Å²) < 4.78 is 0. The Kier molecular flexibility index (Phi) is 2.99. The number of hydrogen-bond acceptors (Lipinski definition) is 4. The Morgan fingerprint density at radius 1 is 1.58 bits per heavy atom. The minimum atomic E-state index is -1.07. The van der Waals surface area contributed by atoms with Gasteiger partial charge in [-0.3, -0.25) is 0 Å². The molecule has 0 aliphatic rings. The molecule has 0 atom stereocenters. The zero-order valence-corrected chi connectivity index (χ0v) is 7.14. The summed E-state index contributed by atoms with van der Waals surface area (Å²) in [7, 11) is 0. The fourth-order valence-electron chi connectivity index (χ4n) is 0.747. The Morgan fingerprint density at radius 3 is 2.92 bits per heavy atom. The van der Waals surface area contributed by atoms with E-state index in [0.717, 1.165) is 4.90 Å². The van der Waals surface area contributed by atoms with Gasteiger partial charge < -0.3 is 15.6 Å². The molecule has 0 heterocycles. The van der Waals surface area contributed by atoms with E-state index in [9.17, 15) is 9.90 Å². The molecule has 1 aromatic rings. The highest BCUT2D eigenvalue weighted by Crippen LogP contribution is 2.19. The predicted octanol–water partition coefficient (Wildman–Crippen LogP) is 0.111. The second-order valence-corrected chi connectivity index (χ2v) is 3.28. The number of anilines is 1. The molecule has 0 saturated heterocycles. The normalized spacial score (nSPS) is 9.67. The van der Waals surface area contributed by atoms with Gasteiger partial charge in [0.15, 0.2) is 0 Å². The Bertz CT molecular complexity index is 288. The van der Waals surface area contributed by atoms with Crippen LogP contribution in [0, 0.1) is 0 Å². The van der Waals surface area contributed by atoms with Crippen LogP contribution in [0.15, 0.2) is 29.2 Å². The van der Waals surface area contributed by atoms with Crippen LogP contribution in [-0.2, 0) is 4.79 Å². The van der Waals surface area contributed by atoms with Crippen molar-refractivity contribution in [3.05, 3.63) is 24.3 Å². The molecule has 2 N–H and O–H groups in total. The molecule has 0 radical (unpaired) electrons. The lowest BCUT2D eigenvalue weighted by Gasteiger charge is -2.02. The molecule has 3 nitrogen and oxygen atoms in total. The van der Waals surface area contributed by atoms with Crippen LogP contribution in [0.2, 0.25) is 0 Å². The van der Waals surface area contributed by atoms with Gasteiger partial charge in [0.1, 0.15) is 0 Å². The summed E-state index contributed by atoms with van der Waals surface area (Å²) in [6, 6.07) is 7.08. The molecule has 64 valence electrons. The van der Waals surface area contributed by atoms with Gasteiger partial charge in [-0.1, -0.05) is 6.07 Å². The first-order chi connectivity index (χ1) is 5.68. The first kappa shape index (κ1) is 8.93. The summed E-state index contributed by atoms with van der Waals surface area (Å²) in [5, 5.41) is 10.1. The smallest absolute Gasteiger partial charge is 0.0517 e. The first-order valence-corrected chi connectivity index (χ1v) is 4.35. The van der Waals surface area contributed by atoms with Gasteiger partial charge in [-0.15, -0.1) is 11.8 Å². The molecule has 12 heavy (non-hydrogen) atoms. The average molecular weight is 182 g/mol. The van der Waals surface area contributed by atoms with E-state index in [0.29, 0.717) is 5.69 Å². The van der Waals surface area contributed by atoms with Gasteiger partial charge in [-0.2, -0.15) is 0 Å². The summed E-state index contributed by atoms with van der Waals surface area (Å²) >= 11 is 1.20. The molecule has 0 aromatic heterocycles. The maximum Gasteiger partial charge on any atom is 0.0517 e. The van der Waals surface area contributed by atoms with E-state index in [1.807, 2.05) is 6.07 Å². The first-order valence-electron chi connectivity index (χ1n) is 3.36. The van der Waals surface area contributed by atoms with Crippen LogP contribution in [0.3, 0.4) is 0 Å². The number of carbonyl (C=O) groups excluding carboxylic acids is 1. The van der Waals surface area contributed by atoms with Gasteiger partial charge in [0.25, 0.3) is 0 Å². The molecule has 1 rings (SSSR count). The van der Waals surface area contributed by atoms with Crippen molar-refractivity contribution in [2.45, 2.75) is 4.90 Å². The van der Waals surface area contributed by atoms with Gasteiger partial charge in [0.2, 0.25) is 0 Å². The number of benzene rings is 1. The van der Waals surface area contributed by atoms with Crippen LogP contribution in [0.4, 0.5) is 5.69 Å². The van der Waals surface area contributed by atoms with E-state index in [-0.39, 0.29) is 5.75 Å². The molecule has 0 aliphatic carbocycles. The second kappa shape index (κ2) is 4.01. The molecule has 0 saturated carbocycles. The Balaban J connectivity index is 2.57. The lowest BCUT2D eigenvalue weighted by molar-refractivity contribution is -0.301. The van der Waals surface area contributed by atoms with Crippen LogP contribution in [0.5, 0.6) is 0 Å². The van der Waals surface area contributed by atoms with Crippen molar-refractivity contribution < 1.29 is 9.90 Å². The zero-order chi connectivity index (χ0) is 8.97. The van der Waals surface area contributed by atoms with Gasteiger partial charge in [-0.25, -0.2) is 0 Å². The lowest BCUT2D eigenvalue weighted by Crippen LogP contribution is -2.24. The number of rotatable bonds is 3. The number of aliphatic carboxylic acids is 1. The molecule has 1 aromatic carbocycles. The maximum absolute atomic E-state index is 10.1. The predicted molar refractivity (Wildman–Crippen MR) is 46.6 cm³/mol. The number of carbonyl (C=O) groups is 1. The van der Waals surface area contributed by atoms with E-state index < -0.39 is 5.97 Å². The molecule has 0 unspecified atom stereocenters. The van der Waals surface area contributed by atoms with E-state index in [4.69, 9.17) is 5.73 Å². The fraction of sp³-hybridized carbons (Fsp3) is 0.125. The standard InChI is InChI=1S/C8H9NO2S/c9-6-2-1-3-7(4-6)12-5-8(10)11/h1-4H,5,9H2,(H,10,11)/p-1. The van der Waals surface area contributed by atoms with Crippen molar-refractivity contribution in [2.75, 3.05) is 11.5 Å². The maximum atomic E-state index is 10.1. The molecule has 0 spiro atoms. The molecule has 4 heteroatoms. The van der Waals surface area contributed by atoms with E-state index in [2.05, 4.69) is 0 Å². The molecular formula is C8H8NO2S-. The molecule has 0 bridgehead atoms. The number of nitrogen functional groups attached to an aromatic ring is 1. The van der Waals surface area contributed by atoms with Gasteiger partial charge in [0.05, 0.1) is 5.97 Å². The third-order valence-corrected chi connectivity index (χ3v) is 2.18. The van der Waals surface area contributed by atoms with Crippen LogP contribution in [0.1, 0.15) is 0 Å². The summed E-state index contributed by atoms with van der Waals surface area (Å²) in [4.78, 5) is 10.9. The summed E-state index contributed by atoms with van der Waals surface area (Å²) in [5.41, 5.74) is 6.13. The fourth-order valence-corrected chi connectivity index (χ4v) is 1.43. The Morgan fingerprint density at radius 2 is 2.33 bits per heavy atom. The minimum absolute atomic E-state index is 0.0382. The Hall–Kier alpha value is -1.16. The average Bonchev–Trinajstić information content (AvgIpc) is 2.01. The van der Waals surface area contributed by atoms with Crippen LogP contribution >= 0.6 is 11.8 Å². The van der Waals surface area contributed by atoms with Crippen molar-refractivity contribution in [1.29, 1.82) is 0 Å². The molecule has 0 aliphatic heterocycles. The molecular weight excluding hydrogens is 174 g/mol. The zero-order valence-electron chi connectivity index (χ0n) is 6.32. The highest BCUT2D eigenvalue weighted by atomic mass is 32.2. The van der Waals surface area contributed by atoms with Crippen molar-refractivity contribution in [2.24, 2.45) is 0 Å². The number of carboxylic acids is 1. The highest BCUT2D eigenvalue weighted by Gasteiger charge is 1.93. The highest BCUT2D eigenvalue weighted by molar-refractivity contribution is 8.00. The molecule has 0 fully saturated rings. The number of carboxylic acid groups (broad SMARTS) is 1. The van der Waals surface area contributed by atoms with Crippen molar-refractivity contribution in [1.82, 2.24) is 0 Å². The summed E-state index contributed by atoms with van der Waals surface area (Å²) in [5.74, 6) is -1.11. The van der Waals surface area contributed by atoms with Gasteiger partial charge in [0, 0.05) is 16.3 Å². The minimum Gasteiger partial charge on any atom is -0.549 e. The number of hydrogen-bond donors (Lipinski definition) is 1. The van der Waals surface area contributed by atoms with Crippen molar-refractivity contribution >= 4 is 23.4 Å². The van der Waals surface area contributed by atoms with Crippen LogP contribution in [-0.4, -0.2) is 11.7 Å². The van der Waals surface area contributed by atoms with Crippen LogP contribution < -0.4 is 10.8 Å². The Labute approximate surface area is 74.6 Å². The van der Waals surface area contributed by atoms with E-state index >= 15 is 0 Å². The number of nitrogens with two attached hydrogens (primary N) is 1. The van der Waals surface area contributed by atoms with Crippen molar-refractivity contribution in [3.63, 3.8) is 0 Å². The van der Waals surface area contributed by atoms with Crippen LogP contribution in [0.25, 0.3) is 0 Å². The third kappa shape index (κ3) is 2.84.